The molecule has 0 bridgehead atoms. The van der Waals surface area contributed by atoms with Crippen LogP contribution in [0.1, 0.15) is 0 Å². The quantitative estimate of drug-likeness (QED) is 0.727. The highest BCUT2D eigenvalue weighted by molar-refractivity contribution is 7.99. The highest BCUT2D eigenvalue weighted by Crippen LogP contribution is 2.32. The zero-order valence-electron chi connectivity index (χ0n) is 15.0. The number of thioether (sulfide) groups is 1. The third kappa shape index (κ3) is 2.57. The number of carbonyl (C=O) groups excluding carboxylic acids is 2. The van der Waals surface area contributed by atoms with E-state index in [-0.39, 0.29) is 36.3 Å². The van der Waals surface area contributed by atoms with Crippen molar-refractivity contribution >= 4 is 44.4 Å². The van der Waals surface area contributed by atoms with Crippen LogP contribution >= 0.6 is 11.8 Å². The van der Waals surface area contributed by atoms with Gasteiger partial charge in [0.1, 0.15) is 12.1 Å². The first kappa shape index (κ1) is 18.0. The van der Waals surface area contributed by atoms with Gasteiger partial charge in [-0.25, -0.2) is 8.42 Å². The Morgan fingerprint density at radius 1 is 0.893 bits per heavy atom. The fourth-order valence-corrected chi connectivity index (χ4v) is 7.07. The molecule has 5 rings (SSSR count). The van der Waals surface area contributed by atoms with Gasteiger partial charge in [0.05, 0.1) is 10.8 Å². The van der Waals surface area contributed by atoms with E-state index < -0.39 is 22.1 Å². The Bertz CT molecular complexity index is 1080. The molecular weight excluding hydrogens is 398 g/mol. The SMILES string of the molecule is O=C1[C@@H]2CSCN2C(=O)[C@H]2CN(S(=O)(=O)c3cccc4ccccc34)CCN12. The van der Waals surface area contributed by atoms with E-state index in [2.05, 4.69) is 0 Å². The van der Waals surface area contributed by atoms with Gasteiger partial charge >= 0.3 is 0 Å². The summed E-state index contributed by atoms with van der Waals surface area (Å²) in [7, 11) is -3.78. The molecule has 3 aliphatic rings. The first-order valence-corrected chi connectivity index (χ1v) is 11.7. The molecular formula is C19H19N3O4S2. The van der Waals surface area contributed by atoms with Crippen LogP contribution in [0.5, 0.6) is 0 Å². The van der Waals surface area contributed by atoms with Crippen molar-refractivity contribution in [1.82, 2.24) is 14.1 Å². The lowest BCUT2D eigenvalue weighted by molar-refractivity contribution is -0.161. The highest BCUT2D eigenvalue weighted by atomic mass is 32.2. The maximum Gasteiger partial charge on any atom is 0.248 e. The van der Waals surface area contributed by atoms with Gasteiger partial charge in [-0.05, 0) is 11.5 Å². The molecule has 9 heteroatoms. The lowest BCUT2D eigenvalue weighted by atomic mass is 10.0. The van der Waals surface area contributed by atoms with Crippen LogP contribution < -0.4 is 0 Å². The summed E-state index contributed by atoms with van der Waals surface area (Å²) in [5.74, 6) is 0.908. The first-order chi connectivity index (χ1) is 13.5. The molecule has 0 saturated carbocycles. The van der Waals surface area contributed by atoms with Gasteiger partial charge in [-0.15, -0.1) is 11.8 Å². The van der Waals surface area contributed by atoms with Crippen molar-refractivity contribution in [2.24, 2.45) is 0 Å². The topological polar surface area (TPSA) is 78.0 Å². The van der Waals surface area contributed by atoms with Crippen LogP contribution in [0, 0.1) is 0 Å². The lowest BCUT2D eigenvalue weighted by Gasteiger charge is -2.46. The molecule has 2 aromatic carbocycles. The Hall–Kier alpha value is -2.10. The van der Waals surface area contributed by atoms with Gasteiger partial charge in [0.25, 0.3) is 0 Å². The average Bonchev–Trinajstić information content (AvgIpc) is 3.21. The predicted molar refractivity (Wildman–Crippen MR) is 106 cm³/mol. The maximum absolute atomic E-state index is 13.4. The average molecular weight is 418 g/mol. The molecule has 2 amide bonds. The normalized spacial score (nSPS) is 25.9. The molecule has 7 nitrogen and oxygen atoms in total. The van der Waals surface area contributed by atoms with Crippen molar-refractivity contribution in [3.05, 3.63) is 42.5 Å². The molecule has 0 radical (unpaired) electrons. The van der Waals surface area contributed by atoms with Gasteiger partial charge in [0.15, 0.2) is 0 Å². The summed E-state index contributed by atoms with van der Waals surface area (Å²) in [6, 6.07) is 11.4. The number of amides is 2. The van der Waals surface area contributed by atoms with Gasteiger partial charge < -0.3 is 9.80 Å². The highest BCUT2D eigenvalue weighted by Gasteiger charge is 2.51. The molecule has 0 aromatic heterocycles. The van der Waals surface area contributed by atoms with Gasteiger partial charge in [-0.2, -0.15) is 4.31 Å². The molecule has 3 heterocycles. The minimum absolute atomic E-state index is 0.00398. The number of piperazine rings is 2. The van der Waals surface area contributed by atoms with E-state index >= 15 is 0 Å². The smallest absolute Gasteiger partial charge is 0.248 e. The summed E-state index contributed by atoms with van der Waals surface area (Å²) in [6.45, 7) is 0.444. The number of benzene rings is 2. The second kappa shape index (κ2) is 6.47. The van der Waals surface area contributed by atoms with E-state index in [1.165, 1.54) is 4.31 Å². The van der Waals surface area contributed by atoms with E-state index in [9.17, 15) is 18.0 Å². The summed E-state index contributed by atoms with van der Waals surface area (Å²) in [4.78, 5) is 29.1. The number of sulfonamides is 1. The van der Waals surface area contributed by atoms with Crippen molar-refractivity contribution in [3.63, 3.8) is 0 Å². The number of carbonyl (C=O) groups is 2. The maximum atomic E-state index is 13.4. The molecule has 146 valence electrons. The van der Waals surface area contributed by atoms with Crippen LogP contribution in [0.2, 0.25) is 0 Å². The third-order valence-electron chi connectivity index (χ3n) is 5.73. The Labute approximate surface area is 167 Å². The second-order valence-electron chi connectivity index (χ2n) is 7.21. The minimum Gasteiger partial charge on any atom is -0.326 e. The van der Waals surface area contributed by atoms with Crippen molar-refractivity contribution in [2.75, 3.05) is 31.3 Å². The van der Waals surface area contributed by atoms with Crippen LogP contribution in [-0.4, -0.2) is 77.7 Å². The van der Waals surface area contributed by atoms with E-state index in [0.717, 1.165) is 5.39 Å². The Kier molecular flexibility index (Phi) is 4.15. The predicted octanol–water partition coefficient (Wildman–Crippen LogP) is 0.956. The molecule has 2 aromatic rings. The summed E-state index contributed by atoms with van der Waals surface area (Å²) < 4.78 is 28.1. The van der Waals surface area contributed by atoms with E-state index in [0.29, 0.717) is 17.0 Å². The number of nitrogens with zero attached hydrogens (tertiary/aromatic N) is 3. The molecule has 2 atom stereocenters. The number of hydrogen-bond donors (Lipinski definition) is 0. The molecule has 3 saturated heterocycles. The molecule has 3 fully saturated rings. The van der Waals surface area contributed by atoms with E-state index in [4.69, 9.17) is 0 Å². The Balaban J connectivity index is 1.49. The lowest BCUT2D eigenvalue weighted by Crippen LogP contribution is -2.69. The van der Waals surface area contributed by atoms with Crippen LogP contribution in [0.4, 0.5) is 0 Å². The molecule has 0 unspecified atom stereocenters. The van der Waals surface area contributed by atoms with Crippen LogP contribution in [0.3, 0.4) is 0 Å². The third-order valence-corrected chi connectivity index (χ3v) is 8.66. The van der Waals surface area contributed by atoms with Gasteiger partial charge in [-0.3, -0.25) is 9.59 Å². The minimum atomic E-state index is -3.78. The standard InChI is InChI=1S/C19H19N3O4S2/c23-18-15-10-20(8-9-21(15)19(24)16-11-27-12-22(16)18)28(25,26)17-7-3-5-13-4-1-2-6-14(13)17/h1-7,15-16H,8-12H2/t15-,16+/m1/s1. The zero-order chi connectivity index (χ0) is 19.5. The second-order valence-corrected chi connectivity index (χ2v) is 10.1. The summed E-state index contributed by atoms with van der Waals surface area (Å²) >= 11 is 1.56. The fourth-order valence-electron chi connectivity index (χ4n) is 4.26. The van der Waals surface area contributed by atoms with Crippen LogP contribution in [0.25, 0.3) is 10.8 Å². The summed E-state index contributed by atoms with van der Waals surface area (Å²) in [5.41, 5.74) is 0. The van der Waals surface area contributed by atoms with E-state index in [1.54, 1.807) is 39.8 Å². The number of rotatable bonds is 2. The number of fused-ring (bicyclic) bond motifs is 3. The molecule has 0 aliphatic carbocycles. The van der Waals surface area contributed by atoms with Crippen molar-refractivity contribution < 1.29 is 18.0 Å². The van der Waals surface area contributed by atoms with Crippen molar-refractivity contribution in [2.45, 2.75) is 17.0 Å². The van der Waals surface area contributed by atoms with Crippen molar-refractivity contribution in [1.29, 1.82) is 0 Å². The molecule has 3 aliphatic heterocycles. The van der Waals surface area contributed by atoms with Crippen LogP contribution in [-0.2, 0) is 19.6 Å². The molecule has 28 heavy (non-hydrogen) atoms. The zero-order valence-corrected chi connectivity index (χ0v) is 16.7. The Morgan fingerprint density at radius 3 is 2.50 bits per heavy atom. The summed E-state index contributed by atoms with van der Waals surface area (Å²) in [5, 5.41) is 1.51. The van der Waals surface area contributed by atoms with Crippen molar-refractivity contribution in [3.8, 4) is 0 Å². The van der Waals surface area contributed by atoms with Gasteiger partial charge in [0, 0.05) is 30.8 Å². The largest absolute Gasteiger partial charge is 0.326 e. The van der Waals surface area contributed by atoms with Gasteiger partial charge in [0.2, 0.25) is 21.8 Å². The monoisotopic (exact) mass is 417 g/mol. The first-order valence-electron chi connectivity index (χ1n) is 9.15. The van der Waals surface area contributed by atoms with E-state index in [1.807, 2.05) is 24.3 Å². The summed E-state index contributed by atoms with van der Waals surface area (Å²) in [6.07, 6.45) is 0. The van der Waals surface area contributed by atoms with Crippen LogP contribution in [0.15, 0.2) is 47.4 Å². The molecule has 0 spiro atoms. The molecule has 0 N–H and O–H groups in total. The number of hydrogen-bond acceptors (Lipinski definition) is 5. The van der Waals surface area contributed by atoms with Gasteiger partial charge in [-0.1, -0.05) is 36.4 Å². The Morgan fingerprint density at radius 2 is 1.64 bits per heavy atom. The fraction of sp³-hybridized carbons (Fsp3) is 0.368.